The van der Waals surface area contributed by atoms with E-state index in [0.29, 0.717) is 35.9 Å². The van der Waals surface area contributed by atoms with E-state index in [4.69, 9.17) is 37.4 Å². The molecule has 5 N–H and O–H groups in total. The van der Waals surface area contributed by atoms with E-state index in [2.05, 4.69) is 16.4 Å². The van der Waals surface area contributed by atoms with Crippen molar-refractivity contribution in [3.63, 3.8) is 0 Å². The monoisotopic (exact) mass is 714 g/mol. The lowest BCUT2D eigenvalue weighted by Crippen LogP contribution is -2.60. The smallest absolute Gasteiger partial charge is 0.220 e. The number of benzene rings is 2. The molecule has 6 rings (SSSR count). The molecule has 2 aliphatic carbocycles. The Balaban J connectivity index is 0.994. The summed E-state index contributed by atoms with van der Waals surface area (Å²) in [5, 5.41) is 43.5. The van der Waals surface area contributed by atoms with Gasteiger partial charge in [0.1, 0.15) is 30.2 Å². The maximum Gasteiger partial charge on any atom is 0.220 e. The van der Waals surface area contributed by atoms with Gasteiger partial charge < -0.3 is 40.0 Å². The molecule has 2 saturated carbocycles. The van der Waals surface area contributed by atoms with Crippen LogP contribution in [0.5, 0.6) is 5.75 Å². The number of ether oxygens (including phenoxy) is 3. The molecular weight excluding hydrogens is 671 g/mol. The molecule has 2 heterocycles. The van der Waals surface area contributed by atoms with Gasteiger partial charge >= 0.3 is 0 Å². The third kappa shape index (κ3) is 8.75. The molecule has 49 heavy (non-hydrogen) atoms. The van der Waals surface area contributed by atoms with E-state index in [1.54, 1.807) is 6.20 Å². The van der Waals surface area contributed by atoms with Crippen LogP contribution in [0.15, 0.2) is 54.9 Å². The second-order valence-electron chi connectivity index (χ2n) is 13.3. The van der Waals surface area contributed by atoms with Crippen molar-refractivity contribution in [1.29, 1.82) is 0 Å². The molecule has 3 aliphatic rings. The van der Waals surface area contributed by atoms with Gasteiger partial charge in [0.2, 0.25) is 5.91 Å². The number of nitrogens with one attached hydrogen (secondary N) is 1. The topological polar surface area (TPSA) is 151 Å². The first-order valence-corrected chi connectivity index (χ1v) is 17.8. The highest BCUT2D eigenvalue weighted by Crippen LogP contribution is 2.53. The Morgan fingerprint density at radius 1 is 0.959 bits per heavy atom. The Hall–Kier alpha value is -2.80. The highest BCUT2D eigenvalue weighted by atomic mass is 35.5. The second-order valence-corrected chi connectivity index (χ2v) is 14.1. The first-order chi connectivity index (χ1) is 23.7. The van der Waals surface area contributed by atoms with Gasteiger partial charge in [-0.2, -0.15) is 0 Å². The van der Waals surface area contributed by atoms with Gasteiger partial charge in [-0.1, -0.05) is 41.4 Å². The van der Waals surface area contributed by atoms with Gasteiger partial charge in [-0.05, 0) is 92.3 Å². The first-order valence-electron chi connectivity index (χ1n) is 17.1. The summed E-state index contributed by atoms with van der Waals surface area (Å²) in [7, 11) is 0. The third-order valence-electron chi connectivity index (χ3n) is 9.56. The third-order valence-corrected chi connectivity index (χ3v) is 10.3. The van der Waals surface area contributed by atoms with E-state index in [1.165, 1.54) is 0 Å². The summed E-state index contributed by atoms with van der Waals surface area (Å²) in [5.41, 5.74) is 4.36. The maximum absolute atomic E-state index is 12.5. The fourth-order valence-electron chi connectivity index (χ4n) is 6.37. The van der Waals surface area contributed by atoms with Crippen LogP contribution in [-0.4, -0.2) is 81.1 Å². The zero-order chi connectivity index (χ0) is 34.5. The number of rotatable bonds is 16. The van der Waals surface area contributed by atoms with Gasteiger partial charge in [-0.3, -0.25) is 9.78 Å². The molecule has 3 aromatic rings. The van der Waals surface area contributed by atoms with Crippen molar-refractivity contribution in [2.45, 2.75) is 107 Å². The van der Waals surface area contributed by atoms with Gasteiger partial charge in [0, 0.05) is 53.1 Å². The van der Waals surface area contributed by atoms with Crippen molar-refractivity contribution >= 4 is 29.1 Å². The summed E-state index contributed by atoms with van der Waals surface area (Å²) in [4.78, 5) is 16.9. The first kappa shape index (κ1) is 36.0. The molecule has 1 aliphatic heterocycles. The van der Waals surface area contributed by atoms with E-state index in [0.717, 1.165) is 59.3 Å². The maximum atomic E-state index is 12.5. The summed E-state index contributed by atoms with van der Waals surface area (Å²) >= 11 is 13.4. The number of aliphatic hydroxyl groups excluding tert-OH is 4. The fourth-order valence-corrected chi connectivity index (χ4v) is 6.89. The Bertz CT molecular complexity index is 1600. The number of nitrogens with zero attached hydrogens (tertiary/aromatic N) is 1. The minimum atomic E-state index is -1.43. The molecular formula is C37H44Cl2N2O8. The molecule has 0 unspecified atom stereocenters. The van der Waals surface area contributed by atoms with Crippen molar-refractivity contribution in [2.75, 3.05) is 13.2 Å². The number of amides is 1. The number of unbranched alkanes of at least 4 members (excludes halogenated alkanes) is 1. The van der Waals surface area contributed by atoms with Crippen LogP contribution in [0, 0.1) is 0 Å². The van der Waals surface area contributed by atoms with E-state index in [9.17, 15) is 25.2 Å². The van der Waals surface area contributed by atoms with E-state index in [1.807, 2.05) is 42.6 Å². The van der Waals surface area contributed by atoms with Crippen LogP contribution in [0.25, 0.3) is 11.1 Å². The molecule has 264 valence electrons. The number of halogens is 2. The van der Waals surface area contributed by atoms with Crippen LogP contribution in [0.1, 0.15) is 68.1 Å². The number of para-hydroxylation sites is 1. The predicted molar refractivity (Wildman–Crippen MR) is 184 cm³/mol. The van der Waals surface area contributed by atoms with Crippen molar-refractivity contribution in [3.05, 3.63) is 81.6 Å². The van der Waals surface area contributed by atoms with E-state index in [-0.39, 0.29) is 38.0 Å². The highest BCUT2D eigenvalue weighted by molar-refractivity contribution is 6.34. The zero-order valence-electron chi connectivity index (χ0n) is 27.3. The van der Waals surface area contributed by atoms with Crippen molar-refractivity contribution in [2.24, 2.45) is 0 Å². The normalized spacial score (nSPS) is 24.4. The number of aliphatic hydroxyl groups is 4. The quantitative estimate of drug-likeness (QED) is 0.131. The fraction of sp³-hybridized carbons (Fsp3) is 0.514. The van der Waals surface area contributed by atoms with Gasteiger partial charge in [-0.15, -0.1) is 0 Å². The SMILES string of the molecule is O=C(CCCCc1cc(Cl)c(COC2(c3cnccc3-c3ccccc3OC3CC3)CC2)cc1Cl)NC[C@@H]1O[C@H](CCO)[C@@H](O)[C@H](O)[C@H]1O. The van der Waals surface area contributed by atoms with Crippen LogP contribution in [-0.2, 0) is 32.9 Å². The van der Waals surface area contributed by atoms with Crippen LogP contribution in [0.3, 0.4) is 0 Å². The molecule has 5 atom stereocenters. The average Bonchev–Trinajstić information content (AvgIpc) is 4.05. The Labute approximate surface area is 296 Å². The van der Waals surface area contributed by atoms with Gasteiger partial charge in [0.15, 0.2) is 0 Å². The molecule has 0 spiro atoms. The zero-order valence-corrected chi connectivity index (χ0v) is 28.8. The molecule has 3 fully saturated rings. The number of pyridine rings is 1. The largest absolute Gasteiger partial charge is 0.490 e. The lowest BCUT2D eigenvalue weighted by Gasteiger charge is -2.40. The van der Waals surface area contributed by atoms with Crippen molar-refractivity contribution in [1.82, 2.24) is 10.3 Å². The van der Waals surface area contributed by atoms with Crippen molar-refractivity contribution < 1.29 is 39.4 Å². The number of carbonyl (C=O) groups is 1. The standard InChI is InChI=1S/C37H44Cl2N2O8/c38-28-18-23(21-47-37(13-14-37)27-19-40-15-11-25(27)26-6-2-3-7-30(26)48-24-9-10-24)29(39)17-22(28)5-1-4-8-33(43)41-20-32-35(45)36(46)34(44)31(49-32)12-16-42/h2-3,6-7,11,15,17-19,24,31-32,34-36,42,44-46H,1,4-5,8-10,12-14,16,20-21H2,(H,41,43)/t31-,32+,34-,35+,36+/m1/s1. The van der Waals surface area contributed by atoms with Crippen LogP contribution in [0.4, 0.5) is 0 Å². The molecule has 1 saturated heterocycles. The van der Waals surface area contributed by atoms with Crippen LogP contribution >= 0.6 is 23.2 Å². The highest BCUT2D eigenvalue weighted by Gasteiger charge is 2.48. The molecule has 0 radical (unpaired) electrons. The van der Waals surface area contributed by atoms with Gasteiger partial charge in [0.25, 0.3) is 0 Å². The Morgan fingerprint density at radius 3 is 2.45 bits per heavy atom. The second kappa shape index (κ2) is 16.0. The molecule has 0 bridgehead atoms. The summed E-state index contributed by atoms with van der Waals surface area (Å²) in [5.74, 6) is 0.653. The molecule has 2 aromatic carbocycles. The molecule has 12 heteroatoms. The van der Waals surface area contributed by atoms with Gasteiger partial charge in [0.05, 0.1) is 24.4 Å². The Morgan fingerprint density at radius 2 is 1.69 bits per heavy atom. The number of aryl methyl sites for hydroxylation is 1. The van der Waals surface area contributed by atoms with Crippen LogP contribution in [0.2, 0.25) is 10.0 Å². The number of carbonyl (C=O) groups excluding carboxylic acids is 1. The van der Waals surface area contributed by atoms with Crippen LogP contribution < -0.4 is 10.1 Å². The number of hydrogen-bond donors (Lipinski definition) is 5. The Kier molecular flexibility index (Phi) is 11.8. The number of aromatic nitrogens is 1. The van der Waals surface area contributed by atoms with E-state index < -0.39 is 36.1 Å². The van der Waals surface area contributed by atoms with E-state index >= 15 is 0 Å². The molecule has 1 aromatic heterocycles. The summed E-state index contributed by atoms with van der Waals surface area (Å²) in [6.45, 7) is 0.0292. The summed E-state index contributed by atoms with van der Waals surface area (Å²) in [6.07, 6.45) is 4.36. The van der Waals surface area contributed by atoms with Crippen molar-refractivity contribution in [3.8, 4) is 16.9 Å². The predicted octanol–water partition coefficient (Wildman–Crippen LogP) is 4.86. The number of hydrogen-bond acceptors (Lipinski definition) is 9. The van der Waals surface area contributed by atoms with Gasteiger partial charge in [-0.25, -0.2) is 0 Å². The summed E-state index contributed by atoms with van der Waals surface area (Å²) in [6, 6.07) is 13.9. The lowest BCUT2D eigenvalue weighted by molar-refractivity contribution is -0.223. The lowest BCUT2D eigenvalue weighted by atomic mass is 9.93. The average molecular weight is 716 g/mol. The molecule has 10 nitrogen and oxygen atoms in total. The minimum absolute atomic E-state index is 0.0256. The molecule has 1 amide bonds. The minimum Gasteiger partial charge on any atom is -0.490 e. The summed E-state index contributed by atoms with van der Waals surface area (Å²) < 4.78 is 18.4.